The molecule has 0 atom stereocenters. The molecule has 0 radical (unpaired) electrons. The summed E-state index contributed by atoms with van der Waals surface area (Å²) in [5.74, 6) is 0. The Morgan fingerprint density at radius 1 is 1.25 bits per heavy atom. The van der Waals surface area contributed by atoms with Gasteiger partial charge in [0.1, 0.15) is 0 Å². The summed E-state index contributed by atoms with van der Waals surface area (Å²) in [7, 11) is 0. The van der Waals surface area contributed by atoms with E-state index in [9.17, 15) is 0 Å². The second-order valence-electron chi connectivity index (χ2n) is 0. The number of rotatable bonds is 0. The summed E-state index contributed by atoms with van der Waals surface area (Å²) in [6.07, 6.45) is 0. The predicted octanol–water partition coefficient (Wildman–Crippen LogP) is 0.0914. The monoisotopic (exact) mass is 148 g/mol. The van der Waals surface area contributed by atoms with Crippen molar-refractivity contribution in [3.05, 3.63) is 6.57 Å². The average molecular weight is 150 g/mol. The van der Waals surface area contributed by atoms with Crippen molar-refractivity contribution in [3.63, 3.8) is 0 Å². The molecule has 0 rings (SSSR count). The summed E-state index contributed by atoms with van der Waals surface area (Å²) in [6, 6.07) is 0. The summed E-state index contributed by atoms with van der Waals surface area (Å²) < 4.78 is 0. The minimum absolute atomic E-state index is 0. The normalized spacial score (nSPS) is 0.500. The van der Waals surface area contributed by atoms with Gasteiger partial charge < -0.3 is 11.8 Å². The zero-order valence-electron chi connectivity index (χ0n) is 1.97. The Bertz CT molecular complexity index is 12.8. The van der Waals surface area contributed by atoms with Gasteiger partial charge in [-0.15, -0.1) is 0 Å². The number of hydrogen-bond acceptors (Lipinski definition) is 1. The fraction of sp³-hybridized carbons (Fsp3) is 0. The second-order valence-corrected chi connectivity index (χ2v) is 0. The van der Waals surface area contributed by atoms with Crippen LogP contribution in [0.25, 0.3) is 0 Å². The van der Waals surface area contributed by atoms with Crippen LogP contribution in [0.15, 0.2) is 0 Å². The van der Waals surface area contributed by atoms with E-state index in [1.807, 2.05) is 0 Å². The van der Waals surface area contributed by atoms with Gasteiger partial charge in [-0.1, -0.05) is 0 Å². The molecule has 0 aromatic heterocycles. The van der Waals surface area contributed by atoms with Gasteiger partial charge in [-0.2, -0.15) is 0 Å². The Balaban J connectivity index is -0.00000000500. The number of nitrogens with zero attached hydrogens (tertiary/aromatic N) is 1. The fourth-order valence-corrected chi connectivity index (χ4v) is 0. The molecule has 0 heterocycles. The predicted molar refractivity (Wildman–Crippen MR) is 4.97 cm³/mol. The SMILES string of the molecule is [C-]#N.[Ni].[Zn]. The first-order chi connectivity index (χ1) is 1.00. The second kappa shape index (κ2) is 66.6. The van der Waals surface area contributed by atoms with Crippen LogP contribution in [0, 0.1) is 11.8 Å². The van der Waals surface area contributed by atoms with Crippen LogP contribution in [-0.2, 0) is 36.0 Å². The largest absolute Gasteiger partial charge is 0.512 e. The van der Waals surface area contributed by atoms with Gasteiger partial charge in [-0.3, -0.25) is 0 Å². The zero-order chi connectivity index (χ0) is 2.00. The molecule has 0 amide bonds. The zero-order valence-corrected chi connectivity index (χ0v) is 5.93. The van der Waals surface area contributed by atoms with Crippen molar-refractivity contribution < 1.29 is 36.0 Å². The Labute approximate surface area is 48.1 Å². The maximum Gasteiger partial charge on any atom is 0 e. The van der Waals surface area contributed by atoms with Crippen molar-refractivity contribution in [2.45, 2.75) is 0 Å². The maximum atomic E-state index is 6.25. The summed E-state index contributed by atoms with van der Waals surface area (Å²) in [6.45, 7) is 4.75. The van der Waals surface area contributed by atoms with E-state index in [1.54, 1.807) is 0 Å². The van der Waals surface area contributed by atoms with E-state index in [-0.39, 0.29) is 36.0 Å². The van der Waals surface area contributed by atoms with E-state index in [0.717, 1.165) is 0 Å². The first-order valence-corrected chi connectivity index (χ1v) is 0.224. The van der Waals surface area contributed by atoms with E-state index in [4.69, 9.17) is 11.8 Å². The standard InChI is InChI=1S/CN.Ni.Zn/c1-2;;/q-1;;. The molecule has 0 bridgehead atoms. The molecule has 0 spiro atoms. The van der Waals surface area contributed by atoms with Crippen molar-refractivity contribution >= 4 is 0 Å². The summed E-state index contributed by atoms with van der Waals surface area (Å²) in [5, 5.41) is 6.25. The fourth-order valence-electron chi connectivity index (χ4n) is 0. The number of hydrogen-bond donors (Lipinski definition) is 0. The third-order valence-electron chi connectivity index (χ3n) is 0. The van der Waals surface area contributed by atoms with Crippen LogP contribution in [0.5, 0.6) is 0 Å². The van der Waals surface area contributed by atoms with Crippen molar-refractivity contribution in [1.29, 1.82) is 5.26 Å². The van der Waals surface area contributed by atoms with Crippen LogP contribution < -0.4 is 0 Å². The molecule has 0 fully saturated rings. The van der Waals surface area contributed by atoms with E-state index in [1.165, 1.54) is 0 Å². The van der Waals surface area contributed by atoms with Gasteiger partial charge in [0.15, 0.2) is 0 Å². The Morgan fingerprint density at radius 3 is 1.25 bits per heavy atom. The Hall–Kier alpha value is 0.607. The van der Waals surface area contributed by atoms with Crippen molar-refractivity contribution in [2.75, 3.05) is 0 Å². The Morgan fingerprint density at radius 2 is 1.25 bits per heavy atom. The first kappa shape index (κ1) is 23.2. The minimum Gasteiger partial charge on any atom is -0.512 e. The van der Waals surface area contributed by atoms with Crippen molar-refractivity contribution in [1.82, 2.24) is 0 Å². The molecule has 1 nitrogen and oxygen atoms in total. The van der Waals surface area contributed by atoms with Crippen LogP contribution in [-0.4, -0.2) is 0 Å². The molecule has 0 aliphatic heterocycles. The molecule has 3 heteroatoms. The van der Waals surface area contributed by atoms with Gasteiger partial charge in [0, 0.05) is 36.0 Å². The summed E-state index contributed by atoms with van der Waals surface area (Å²) >= 11 is 0. The smallest absolute Gasteiger partial charge is 0 e. The molecule has 0 aromatic rings. The van der Waals surface area contributed by atoms with E-state index in [2.05, 4.69) is 0 Å². The van der Waals surface area contributed by atoms with Crippen LogP contribution >= 0.6 is 0 Å². The van der Waals surface area contributed by atoms with E-state index < -0.39 is 0 Å². The molecular weight excluding hydrogens is 150 g/mol. The quantitative estimate of drug-likeness (QED) is 0.354. The van der Waals surface area contributed by atoms with Crippen LogP contribution in [0.2, 0.25) is 0 Å². The molecule has 4 heavy (non-hydrogen) atoms. The molecule has 0 aliphatic rings. The molecule has 0 N–H and O–H groups in total. The van der Waals surface area contributed by atoms with Gasteiger partial charge in [-0.05, 0) is 0 Å². The third kappa shape index (κ3) is 18.3. The minimum atomic E-state index is 0. The molecular formula is CNNiZn-. The average Bonchev–Trinajstić information content (AvgIpc) is 1.00. The molecule has 0 aliphatic carbocycles. The van der Waals surface area contributed by atoms with Crippen LogP contribution in [0.1, 0.15) is 0 Å². The van der Waals surface area contributed by atoms with Crippen LogP contribution in [0.3, 0.4) is 0 Å². The third-order valence-corrected chi connectivity index (χ3v) is 0. The van der Waals surface area contributed by atoms with Gasteiger partial charge >= 0.3 is 0 Å². The van der Waals surface area contributed by atoms with Crippen molar-refractivity contribution in [3.8, 4) is 0 Å². The Kier molecular flexibility index (Phi) is 386. The van der Waals surface area contributed by atoms with E-state index in [0.29, 0.717) is 0 Å². The van der Waals surface area contributed by atoms with Crippen LogP contribution in [0.4, 0.5) is 0 Å². The topological polar surface area (TPSA) is 23.8 Å². The molecule has 22 valence electrons. The first-order valence-electron chi connectivity index (χ1n) is 0.224. The van der Waals surface area contributed by atoms with Gasteiger partial charge in [0.05, 0.1) is 0 Å². The molecule has 0 saturated heterocycles. The maximum absolute atomic E-state index is 6.25. The molecule has 0 aromatic carbocycles. The molecule has 0 unspecified atom stereocenters. The summed E-state index contributed by atoms with van der Waals surface area (Å²) in [5.41, 5.74) is 0. The molecule has 0 saturated carbocycles. The van der Waals surface area contributed by atoms with Gasteiger partial charge in [0.2, 0.25) is 0 Å². The van der Waals surface area contributed by atoms with Gasteiger partial charge in [-0.25, -0.2) is 0 Å². The van der Waals surface area contributed by atoms with E-state index >= 15 is 0 Å². The van der Waals surface area contributed by atoms with Crippen molar-refractivity contribution in [2.24, 2.45) is 0 Å². The van der Waals surface area contributed by atoms with Gasteiger partial charge in [0.25, 0.3) is 0 Å². The summed E-state index contributed by atoms with van der Waals surface area (Å²) in [4.78, 5) is 0.